The Morgan fingerprint density at radius 2 is 1.76 bits per heavy atom. The molecule has 6 spiro atoms. The second-order valence-corrected chi connectivity index (χ2v) is 31.8. The van der Waals surface area contributed by atoms with E-state index in [1.165, 1.54) is 11.1 Å². The monoisotopic (exact) mass is 1150 g/mol. The van der Waals surface area contributed by atoms with Crippen molar-refractivity contribution in [3.8, 4) is 11.8 Å². The van der Waals surface area contributed by atoms with Crippen LogP contribution in [0.25, 0.3) is 0 Å². The number of nitrogens with zero attached hydrogens (tertiary/aromatic N) is 1. The van der Waals surface area contributed by atoms with Gasteiger partial charge in [-0.3, -0.25) is 14.9 Å². The summed E-state index contributed by atoms with van der Waals surface area (Å²) in [6, 6.07) is 11.2. The van der Waals surface area contributed by atoms with Crippen molar-refractivity contribution in [1.29, 1.82) is 0 Å². The number of ether oxygens (including phenoxy) is 4. The normalized spacial score (nSPS) is 51.8. The summed E-state index contributed by atoms with van der Waals surface area (Å²) in [5, 5.41) is 41.9. The van der Waals surface area contributed by atoms with Crippen molar-refractivity contribution in [3.63, 3.8) is 0 Å². The molecule has 7 aliphatic heterocycles. The van der Waals surface area contributed by atoms with Gasteiger partial charge in [0.1, 0.15) is 29.7 Å². The van der Waals surface area contributed by atoms with E-state index in [2.05, 4.69) is 77.7 Å². The molecule has 13 heteroatoms. The number of ketones is 1. The number of benzene rings is 1. The molecule has 85 heavy (non-hydrogen) atoms. The summed E-state index contributed by atoms with van der Waals surface area (Å²) in [7, 11) is 0. The first kappa shape index (κ1) is 52.6. The second kappa shape index (κ2) is 17.6. The van der Waals surface area contributed by atoms with Gasteiger partial charge in [0.15, 0.2) is 17.5 Å². The van der Waals surface area contributed by atoms with Gasteiger partial charge in [-0.25, -0.2) is 4.79 Å². The van der Waals surface area contributed by atoms with Crippen LogP contribution in [0.15, 0.2) is 64.9 Å². The molecule has 5 saturated heterocycles. The van der Waals surface area contributed by atoms with Crippen molar-refractivity contribution in [2.24, 2.45) is 105 Å². The molecule has 450 valence electrons. The highest BCUT2D eigenvalue weighted by molar-refractivity contribution is 5.94. The van der Waals surface area contributed by atoms with Crippen LogP contribution in [0, 0.1) is 116 Å². The number of Topliss-reactive ketones (excluding diaryl/α,β-unsaturated/α-hetero) is 1. The van der Waals surface area contributed by atoms with Crippen LogP contribution in [0.1, 0.15) is 151 Å². The molecular formula is C72H86N2O11. The minimum Gasteiger partial charge on any atom is -0.469 e. The first-order chi connectivity index (χ1) is 41.3. The lowest BCUT2D eigenvalue weighted by molar-refractivity contribution is -0.320. The third-order valence-corrected chi connectivity index (χ3v) is 29.6. The van der Waals surface area contributed by atoms with Gasteiger partial charge in [-0.15, -0.1) is 0 Å². The molecule has 8 saturated carbocycles. The van der Waals surface area contributed by atoms with E-state index < -0.39 is 92.0 Å². The van der Waals surface area contributed by atoms with Crippen LogP contribution in [-0.4, -0.2) is 106 Å². The van der Waals surface area contributed by atoms with E-state index >= 15 is 14.4 Å². The summed E-state index contributed by atoms with van der Waals surface area (Å²) in [4.78, 5) is 52.2. The second-order valence-electron chi connectivity index (χ2n) is 31.8. The number of aliphatic hydroxyl groups is 3. The number of epoxide rings is 1. The van der Waals surface area contributed by atoms with E-state index in [9.17, 15) is 15.3 Å². The molecule has 4 N–H and O–H groups in total. The predicted molar refractivity (Wildman–Crippen MR) is 309 cm³/mol. The number of hydrogen-bond acceptors (Lipinski definition) is 13. The Bertz CT molecular complexity index is 3340. The number of aliphatic hydroxyl groups excluding tert-OH is 3. The number of carbonyl (C=O) groups excluding carboxylic acids is 3. The minimum atomic E-state index is -1.54. The van der Waals surface area contributed by atoms with Gasteiger partial charge >= 0.3 is 11.9 Å². The van der Waals surface area contributed by atoms with Crippen LogP contribution in [0.5, 0.6) is 0 Å². The lowest BCUT2D eigenvalue weighted by Gasteiger charge is -2.74. The molecule has 13 nitrogen and oxygen atoms in total. The van der Waals surface area contributed by atoms with Crippen LogP contribution in [0.4, 0.5) is 0 Å². The Hall–Kier alpha value is -4.29. The van der Waals surface area contributed by atoms with E-state index in [-0.39, 0.29) is 72.3 Å². The predicted octanol–water partition coefficient (Wildman–Crippen LogP) is 8.69. The Labute approximate surface area is 499 Å². The number of aryl methyl sites for hydroxylation is 1. The maximum Gasteiger partial charge on any atom is 0.339 e. The van der Waals surface area contributed by atoms with Crippen molar-refractivity contribution in [1.82, 2.24) is 10.2 Å². The Morgan fingerprint density at radius 1 is 0.906 bits per heavy atom. The molecule has 25 atom stereocenters. The molecule has 17 aliphatic rings. The Balaban J connectivity index is 0.850. The Kier molecular flexibility index (Phi) is 10.9. The van der Waals surface area contributed by atoms with Crippen molar-refractivity contribution in [2.75, 3.05) is 26.4 Å². The maximum atomic E-state index is 17.6. The van der Waals surface area contributed by atoms with Crippen molar-refractivity contribution >= 4 is 17.7 Å². The molecule has 0 radical (unpaired) electrons. The molecule has 0 unspecified atom stereocenters. The van der Waals surface area contributed by atoms with Gasteiger partial charge in [-0.05, 0) is 197 Å². The van der Waals surface area contributed by atoms with Gasteiger partial charge in [0, 0.05) is 41.3 Å². The number of allylic oxidation sites excluding steroid dienone is 1. The maximum absolute atomic E-state index is 17.6. The number of fused-ring (bicyclic) bond motifs is 7. The highest BCUT2D eigenvalue weighted by atomic mass is 16.7. The lowest BCUT2D eigenvalue weighted by Crippen LogP contribution is -2.84. The molecule has 2 aromatic rings. The summed E-state index contributed by atoms with van der Waals surface area (Å²) < 4.78 is 38.0. The van der Waals surface area contributed by atoms with E-state index in [1.54, 1.807) is 0 Å². The van der Waals surface area contributed by atoms with E-state index in [0.29, 0.717) is 62.2 Å². The number of carbonyl (C=O) groups is 3. The number of esters is 2. The van der Waals surface area contributed by atoms with Gasteiger partial charge in [-0.1, -0.05) is 86.9 Å². The molecule has 9 bridgehead atoms. The average molecular weight is 1160 g/mol. The summed E-state index contributed by atoms with van der Waals surface area (Å²) in [6.07, 6.45) is 23.8. The Morgan fingerprint density at radius 3 is 2.62 bits per heavy atom. The number of cyclic esters (lactones) is 1. The van der Waals surface area contributed by atoms with Gasteiger partial charge in [-0.2, -0.15) is 0 Å². The largest absolute Gasteiger partial charge is 0.469 e. The van der Waals surface area contributed by atoms with Crippen LogP contribution >= 0.6 is 0 Å². The quantitative estimate of drug-likeness (QED) is 0.0855. The number of nitrogens with one attached hydrogen (secondary N) is 1. The lowest BCUT2D eigenvalue weighted by atomic mass is 9.28. The smallest absolute Gasteiger partial charge is 0.339 e. The minimum absolute atomic E-state index is 0.0477. The topological polar surface area (TPSA) is 181 Å². The molecule has 19 rings (SSSR count). The summed E-state index contributed by atoms with van der Waals surface area (Å²) >= 11 is 0. The molecule has 0 amide bonds. The molecular weight excluding hydrogens is 1070 g/mol. The van der Waals surface area contributed by atoms with E-state index in [4.69, 9.17) is 23.4 Å². The zero-order chi connectivity index (χ0) is 57.0. The molecule has 1 aromatic carbocycles. The zero-order valence-electron chi connectivity index (χ0n) is 49.5. The molecule has 10 aliphatic carbocycles. The summed E-state index contributed by atoms with van der Waals surface area (Å²) in [6.45, 7) is 3.85. The number of rotatable bonds is 8. The summed E-state index contributed by atoms with van der Waals surface area (Å²) in [5.41, 5.74) is -4.66. The highest BCUT2D eigenvalue weighted by Gasteiger charge is 3.00. The van der Waals surface area contributed by atoms with Gasteiger partial charge in [0.05, 0.1) is 54.4 Å². The number of furan rings is 1. The zero-order valence-corrected chi connectivity index (χ0v) is 49.5. The third kappa shape index (κ3) is 5.94. The molecule has 8 heterocycles. The first-order valence-corrected chi connectivity index (χ1v) is 34.1. The molecule has 1 aromatic heterocycles. The number of hydrogen-bond donors (Lipinski definition) is 4. The fourth-order valence-corrected chi connectivity index (χ4v) is 27.2. The first-order valence-electron chi connectivity index (χ1n) is 34.1. The standard InChI is InChI=1S/C72H86N2O11/c1-65-32-45-33-66-24-8-13-48(66)30-49-22-25-68(46-11-6-3-7-12-46)59-57(77)61(78)69(58(45)67(59)37-82-63(79)60(66)71(49,67)85-68)52-28-40(27-39-9-4-2-5-10-39)14-15-41(52)16-19-47-20-17-44-36-81-55(56(44)70(47,65)84-64(80)62-72(65,69)83-62)31-51(54(76)35-75)42-18-21-50-43(29-42)23-26-74-38-73-34-53(50)74/h2,4-5,9-10,22-23,26,36,40-43,45-48,50-54,58-62,73,75-76,78H,3,6-8,11-15,17-18,20-21,24-25,27-35,37-38H2,1H3/t40-,41-,42+,43-,45-,47+,48+,50+,51+,52-,53-,54-,58-,59+,60-,61-,62-,65+,66+,67-,68-,69+,70+,71+,72-/m1/s1. The van der Waals surface area contributed by atoms with Crippen LogP contribution in [0.2, 0.25) is 0 Å². The summed E-state index contributed by atoms with van der Waals surface area (Å²) in [5.74, 6) is 6.05. The third-order valence-electron chi connectivity index (χ3n) is 29.6. The van der Waals surface area contributed by atoms with Crippen LogP contribution < -0.4 is 5.32 Å². The van der Waals surface area contributed by atoms with Crippen molar-refractivity contribution in [2.45, 2.75) is 195 Å². The van der Waals surface area contributed by atoms with Crippen molar-refractivity contribution < 1.29 is 53.1 Å². The van der Waals surface area contributed by atoms with Crippen LogP contribution in [-0.2, 0) is 58.2 Å². The fourth-order valence-electron chi connectivity index (χ4n) is 27.2. The highest BCUT2D eigenvalue weighted by Crippen LogP contribution is 2.91. The van der Waals surface area contributed by atoms with Gasteiger partial charge < -0.3 is 43.6 Å². The van der Waals surface area contributed by atoms with Crippen molar-refractivity contribution in [3.05, 3.63) is 83.0 Å². The van der Waals surface area contributed by atoms with Gasteiger partial charge in [0.2, 0.25) is 0 Å². The van der Waals surface area contributed by atoms with Crippen LogP contribution in [0.3, 0.4) is 0 Å². The molecule has 13 fully saturated rings. The van der Waals surface area contributed by atoms with Gasteiger partial charge in [0.25, 0.3) is 0 Å². The van der Waals surface area contributed by atoms with E-state index in [1.807, 2.05) is 6.26 Å². The SMILES string of the molecule is C[C@]12C[C@@H]3C[C@@]45CCC[C@H]4CC4=CC[C@]6(C7CCCCC7)O[C@]47[C@@H]5C(=O)OC[C@]74[C@@H]3[C@]3([C@H](O)C(=O)[C@@H]46)[C@@H]4C[C@@H](Cc5ccccc5)CC[C@@H]4C#C[C@H]4CCc5coc(C[C@@H]([C@H]6CC[C@H]7[C@H](C=CN8CNC[C@H]78)C6)[C@H](O)CO)c5[C@@]41OC(=O)[C@H]1O[C@@]132. The van der Waals surface area contributed by atoms with E-state index in [0.717, 1.165) is 127 Å². The average Bonchev–Trinajstić information content (AvgIpc) is 1.44. The fraction of sp³-hybridized carbons (Fsp3) is 0.736.